The number of ether oxygens (including phenoxy) is 1. The monoisotopic (exact) mass is 270 g/mol. The van der Waals surface area contributed by atoms with Gasteiger partial charge in [-0.15, -0.1) is 0 Å². The van der Waals surface area contributed by atoms with Crippen molar-refractivity contribution in [2.75, 3.05) is 20.7 Å². The second-order valence-corrected chi connectivity index (χ2v) is 5.91. The summed E-state index contributed by atoms with van der Waals surface area (Å²) in [5, 5.41) is 3.23. The lowest BCUT2D eigenvalue weighted by molar-refractivity contribution is -0.151. The van der Waals surface area contributed by atoms with E-state index in [1.165, 1.54) is 13.5 Å². The van der Waals surface area contributed by atoms with Crippen LogP contribution in [0.1, 0.15) is 52.9 Å². The molecule has 1 fully saturated rings. The standard InChI is InChI=1S/C15H30N2O2/c1-6-10-17(12(2)3)13-8-7-9-15(11-13,16-4)14(18)19-5/h12-13,16H,6-11H2,1-5H3. The lowest BCUT2D eigenvalue weighted by Crippen LogP contribution is -2.58. The van der Waals surface area contributed by atoms with Crippen molar-refractivity contribution in [3.05, 3.63) is 0 Å². The van der Waals surface area contributed by atoms with E-state index in [0.717, 1.165) is 32.2 Å². The molecule has 4 nitrogen and oxygen atoms in total. The van der Waals surface area contributed by atoms with E-state index in [2.05, 4.69) is 31.0 Å². The van der Waals surface area contributed by atoms with E-state index >= 15 is 0 Å². The number of methoxy groups -OCH3 is 1. The molecule has 1 N–H and O–H groups in total. The third kappa shape index (κ3) is 3.69. The van der Waals surface area contributed by atoms with Crippen LogP contribution in [-0.2, 0) is 9.53 Å². The Labute approximate surface area is 117 Å². The Kier molecular flexibility index (Phi) is 6.27. The molecule has 0 radical (unpaired) electrons. The molecule has 0 aromatic carbocycles. The van der Waals surface area contributed by atoms with Gasteiger partial charge >= 0.3 is 5.97 Å². The van der Waals surface area contributed by atoms with Gasteiger partial charge in [-0.2, -0.15) is 0 Å². The molecule has 0 saturated heterocycles. The summed E-state index contributed by atoms with van der Waals surface area (Å²) in [6.45, 7) is 7.79. The fraction of sp³-hybridized carbons (Fsp3) is 0.933. The maximum absolute atomic E-state index is 12.1. The summed E-state index contributed by atoms with van der Waals surface area (Å²) in [5.41, 5.74) is -0.488. The van der Waals surface area contributed by atoms with Gasteiger partial charge in [-0.05, 0) is 59.5 Å². The van der Waals surface area contributed by atoms with Crippen LogP contribution < -0.4 is 5.32 Å². The zero-order chi connectivity index (χ0) is 14.5. The third-order valence-corrected chi connectivity index (χ3v) is 4.39. The van der Waals surface area contributed by atoms with Crippen LogP contribution in [0.25, 0.3) is 0 Å². The molecule has 0 heterocycles. The Hall–Kier alpha value is -0.610. The summed E-state index contributed by atoms with van der Waals surface area (Å²) in [5.74, 6) is -0.111. The van der Waals surface area contributed by atoms with Crippen molar-refractivity contribution in [2.45, 2.75) is 70.5 Å². The fourth-order valence-electron chi connectivity index (χ4n) is 3.36. The van der Waals surface area contributed by atoms with Gasteiger partial charge in [0, 0.05) is 12.1 Å². The van der Waals surface area contributed by atoms with E-state index in [1.807, 2.05) is 7.05 Å². The second-order valence-electron chi connectivity index (χ2n) is 5.91. The molecule has 1 aliphatic rings. The van der Waals surface area contributed by atoms with Gasteiger partial charge < -0.3 is 10.1 Å². The highest BCUT2D eigenvalue weighted by Crippen LogP contribution is 2.33. The number of carbonyl (C=O) groups is 1. The largest absolute Gasteiger partial charge is 0.468 e. The smallest absolute Gasteiger partial charge is 0.326 e. The first kappa shape index (κ1) is 16.4. The molecular formula is C15H30N2O2. The van der Waals surface area contributed by atoms with Gasteiger partial charge in [0.05, 0.1) is 7.11 Å². The third-order valence-electron chi connectivity index (χ3n) is 4.39. The van der Waals surface area contributed by atoms with Crippen molar-refractivity contribution < 1.29 is 9.53 Å². The molecule has 19 heavy (non-hydrogen) atoms. The Balaban J connectivity index is 2.84. The van der Waals surface area contributed by atoms with E-state index < -0.39 is 5.54 Å². The maximum Gasteiger partial charge on any atom is 0.326 e. The van der Waals surface area contributed by atoms with Crippen LogP contribution in [0.3, 0.4) is 0 Å². The van der Waals surface area contributed by atoms with Crippen LogP contribution in [0.5, 0.6) is 0 Å². The Morgan fingerprint density at radius 1 is 1.53 bits per heavy atom. The van der Waals surface area contributed by atoms with Crippen molar-refractivity contribution in [3.8, 4) is 0 Å². The topological polar surface area (TPSA) is 41.6 Å². The van der Waals surface area contributed by atoms with Crippen LogP contribution in [-0.4, -0.2) is 49.2 Å². The average Bonchev–Trinajstić information content (AvgIpc) is 2.43. The van der Waals surface area contributed by atoms with Gasteiger partial charge in [0.15, 0.2) is 0 Å². The minimum absolute atomic E-state index is 0.111. The molecule has 0 aromatic rings. The lowest BCUT2D eigenvalue weighted by Gasteiger charge is -2.44. The molecule has 4 heteroatoms. The first-order chi connectivity index (χ1) is 9.00. The SMILES string of the molecule is CCCN(C(C)C)C1CCCC(NC)(C(=O)OC)C1. The van der Waals surface area contributed by atoms with Crippen molar-refractivity contribution in [1.82, 2.24) is 10.2 Å². The van der Waals surface area contributed by atoms with Crippen LogP contribution in [0.15, 0.2) is 0 Å². The zero-order valence-corrected chi connectivity index (χ0v) is 13.2. The van der Waals surface area contributed by atoms with Crippen LogP contribution in [0, 0.1) is 0 Å². The highest BCUT2D eigenvalue weighted by molar-refractivity contribution is 5.81. The quantitative estimate of drug-likeness (QED) is 0.751. The molecule has 0 spiro atoms. The highest BCUT2D eigenvalue weighted by Gasteiger charge is 2.44. The summed E-state index contributed by atoms with van der Waals surface area (Å²) in [6.07, 6.45) is 5.14. The number of nitrogens with zero attached hydrogens (tertiary/aromatic N) is 1. The summed E-state index contributed by atoms with van der Waals surface area (Å²) < 4.78 is 5.01. The van der Waals surface area contributed by atoms with Gasteiger partial charge in [0.25, 0.3) is 0 Å². The van der Waals surface area contributed by atoms with E-state index in [-0.39, 0.29) is 5.97 Å². The number of likely N-dealkylation sites (N-methyl/N-ethyl adjacent to an activating group) is 1. The lowest BCUT2D eigenvalue weighted by atomic mass is 9.78. The minimum atomic E-state index is -0.488. The van der Waals surface area contributed by atoms with Crippen molar-refractivity contribution in [2.24, 2.45) is 0 Å². The first-order valence-corrected chi connectivity index (χ1v) is 7.53. The number of nitrogens with one attached hydrogen (secondary N) is 1. The average molecular weight is 270 g/mol. The minimum Gasteiger partial charge on any atom is -0.468 e. The summed E-state index contributed by atoms with van der Waals surface area (Å²) in [6, 6.07) is 0.996. The number of hydrogen-bond acceptors (Lipinski definition) is 4. The highest BCUT2D eigenvalue weighted by atomic mass is 16.5. The van der Waals surface area contributed by atoms with E-state index in [9.17, 15) is 4.79 Å². The van der Waals surface area contributed by atoms with Crippen molar-refractivity contribution in [3.63, 3.8) is 0 Å². The number of esters is 1. The predicted octanol–water partition coefficient (Wildman–Crippen LogP) is 2.18. The molecule has 112 valence electrons. The van der Waals surface area contributed by atoms with Gasteiger partial charge in [0.1, 0.15) is 5.54 Å². The molecule has 0 amide bonds. The predicted molar refractivity (Wildman–Crippen MR) is 78.2 cm³/mol. The number of hydrogen-bond donors (Lipinski definition) is 1. The van der Waals surface area contributed by atoms with Gasteiger partial charge in [0.2, 0.25) is 0 Å². The zero-order valence-electron chi connectivity index (χ0n) is 13.2. The molecular weight excluding hydrogens is 240 g/mol. The molecule has 2 unspecified atom stereocenters. The van der Waals surface area contributed by atoms with E-state index in [1.54, 1.807) is 0 Å². The molecule has 1 saturated carbocycles. The summed E-state index contributed by atoms with van der Waals surface area (Å²) in [7, 11) is 3.36. The number of rotatable bonds is 6. The number of carbonyl (C=O) groups excluding carboxylic acids is 1. The molecule has 0 aliphatic heterocycles. The van der Waals surface area contributed by atoms with Crippen LogP contribution in [0.2, 0.25) is 0 Å². The van der Waals surface area contributed by atoms with Gasteiger partial charge in [-0.1, -0.05) is 6.92 Å². The second kappa shape index (κ2) is 7.25. The maximum atomic E-state index is 12.1. The molecule has 2 atom stereocenters. The van der Waals surface area contributed by atoms with E-state index in [0.29, 0.717) is 12.1 Å². The molecule has 0 bridgehead atoms. The first-order valence-electron chi connectivity index (χ1n) is 7.53. The normalized spacial score (nSPS) is 27.8. The molecule has 0 aromatic heterocycles. The van der Waals surface area contributed by atoms with Crippen molar-refractivity contribution >= 4 is 5.97 Å². The summed E-state index contributed by atoms with van der Waals surface area (Å²) in [4.78, 5) is 14.6. The van der Waals surface area contributed by atoms with Gasteiger partial charge in [-0.3, -0.25) is 9.69 Å². The summed E-state index contributed by atoms with van der Waals surface area (Å²) >= 11 is 0. The molecule has 1 aliphatic carbocycles. The van der Waals surface area contributed by atoms with E-state index in [4.69, 9.17) is 4.74 Å². The van der Waals surface area contributed by atoms with Gasteiger partial charge in [-0.25, -0.2) is 0 Å². The van der Waals surface area contributed by atoms with Crippen molar-refractivity contribution in [1.29, 1.82) is 0 Å². The van der Waals surface area contributed by atoms with Crippen LogP contribution >= 0.6 is 0 Å². The molecule has 1 rings (SSSR count). The Morgan fingerprint density at radius 2 is 2.21 bits per heavy atom. The Bertz CT molecular complexity index is 294. The van der Waals surface area contributed by atoms with Crippen LogP contribution in [0.4, 0.5) is 0 Å². The Morgan fingerprint density at radius 3 is 2.68 bits per heavy atom. The fourth-order valence-corrected chi connectivity index (χ4v) is 3.36.